The average Bonchev–Trinajstić information content (AvgIpc) is 2.92. The van der Waals surface area contributed by atoms with Gasteiger partial charge in [-0.05, 0) is 72.4 Å². The van der Waals surface area contributed by atoms with E-state index >= 15 is 0 Å². The van der Waals surface area contributed by atoms with Crippen LogP contribution in [0.3, 0.4) is 0 Å². The van der Waals surface area contributed by atoms with Gasteiger partial charge in [0, 0.05) is 14.8 Å². The molecule has 0 atom stereocenters. The largest absolute Gasteiger partial charge is 0.324 e. The third-order valence-corrected chi connectivity index (χ3v) is 4.81. The summed E-state index contributed by atoms with van der Waals surface area (Å²) in [6.45, 7) is 4.10. The second kappa shape index (κ2) is 7.49. The van der Waals surface area contributed by atoms with E-state index in [2.05, 4.69) is 38.1 Å². The van der Waals surface area contributed by atoms with Gasteiger partial charge in [-0.3, -0.25) is 14.5 Å². The van der Waals surface area contributed by atoms with Crippen LogP contribution in [0.4, 0.5) is 5.69 Å². The topological polar surface area (TPSA) is 62.7 Å². The Morgan fingerprint density at radius 1 is 1.24 bits per heavy atom. The van der Waals surface area contributed by atoms with E-state index in [0.717, 1.165) is 25.9 Å². The molecule has 5 nitrogen and oxygen atoms in total. The first-order valence-electron chi connectivity index (χ1n) is 7.72. The first-order valence-corrected chi connectivity index (χ1v) is 9.21. The van der Waals surface area contributed by atoms with Gasteiger partial charge in [0.05, 0.1) is 0 Å². The van der Waals surface area contributed by atoms with Crippen LogP contribution in [0.1, 0.15) is 11.1 Å². The van der Waals surface area contributed by atoms with Gasteiger partial charge < -0.3 is 5.32 Å². The molecular weight excluding hydrogens is 447 g/mol. The number of aryl methyl sites for hydroxylation is 2. The van der Waals surface area contributed by atoms with E-state index < -0.39 is 0 Å². The van der Waals surface area contributed by atoms with E-state index in [9.17, 15) is 4.79 Å². The zero-order valence-electron chi connectivity index (χ0n) is 13.8. The minimum atomic E-state index is -0.143. The summed E-state index contributed by atoms with van der Waals surface area (Å²) < 4.78 is 3.26. The Balaban J connectivity index is 1.83. The van der Waals surface area contributed by atoms with E-state index in [-0.39, 0.29) is 12.5 Å². The molecule has 0 aliphatic heterocycles. The van der Waals surface area contributed by atoms with Crippen LogP contribution < -0.4 is 5.32 Å². The summed E-state index contributed by atoms with van der Waals surface area (Å²) in [6.07, 6.45) is 0. The van der Waals surface area contributed by atoms with E-state index in [4.69, 9.17) is 12.2 Å². The molecule has 1 aromatic heterocycles. The fraction of sp³-hybridized carbons (Fsp3) is 0.167. The van der Waals surface area contributed by atoms with Gasteiger partial charge in [-0.25, -0.2) is 0 Å². The number of amides is 1. The number of benzene rings is 2. The molecule has 0 bridgehead atoms. The normalized spacial score (nSPS) is 10.7. The lowest BCUT2D eigenvalue weighted by atomic mass is 10.1. The van der Waals surface area contributed by atoms with Crippen molar-refractivity contribution in [2.24, 2.45) is 0 Å². The molecule has 0 fully saturated rings. The molecule has 0 aliphatic rings. The second-order valence-corrected chi connectivity index (χ2v) is 7.44. The van der Waals surface area contributed by atoms with Gasteiger partial charge >= 0.3 is 0 Å². The first-order chi connectivity index (χ1) is 11.9. The van der Waals surface area contributed by atoms with Gasteiger partial charge in [0.1, 0.15) is 6.54 Å². The summed E-state index contributed by atoms with van der Waals surface area (Å²) in [4.78, 5) is 12.5. The van der Waals surface area contributed by atoms with Crippen LogP contribution in [0.2, 0.25) is 0 Å². The molecule has 25 heavy (non-hydrogen) atoms. The van der Waals surface area contributed by atoms with Gasteiger partial charge in [-0.1, -0.05) is 29.8 Å². The molecule has 0 unspecified atom stereocenters. The predicted molar refractivity (Wildman–Crippen MR) is 110 cm³/mol. The number of anilines is 1. The number of carbonyl (C=O) groups is 1. The van der Waals surface area contributed by atoms with Crippen LogP contribution in [-0.4, -0.2) is 20.7 Å². The number of hydrogen-bond donors (Lipinski definition) is 2. The van der Waals surface area contributed by atoms with Crippen LogP contribution in [0, 0.1) is 22.2 Å². The fourth-order valence-corrected chi connectivity index (χ4v) is 3.33. The predicted octanol–water partition coefficient (Wildman–Crippen LogP) is 4.47. The van der Waals surface area contributed by atoms with Crippen LogP contribution >= 0.6 is 34.8 Å². The lowest BCUT2D eigenvalue weighted by Crippen LogP contribution is -2.20. The lowest BCUT2D eigenvalue weighted by molar-refractivity contribution is -0.116. The van der Waals surface area contributed by atoms with Crippen LogP contribution in [0.15, 0.2) is 42.5 Å². The van der Waals surface area contributed by atoms with E-state index in [1.54, 1.807) is 4.57 Å². The molecule has 2 N–H and O–H groups in total. The van der Waals surface area contributed by atoms with Crippen molar-refractivity contribution in [3.8, 4) is 11.4 Å². The molecule has 2 aromatic carbocycles. The summed E-state index contributed by atoms with van der Waals surface area (Å²) >= 11 is 7.54. The molecule has 128 valence electrons. The smallest absolute Gasteiger partial charge is 0.244 e. The highest BCUT2D eigenvalue weighted by Crippen LogP contribution is 2.20. The molecule has 0 spiro atoms. The van der Waals surface area contributed by atoms with Crippen molar-refractivity contribution < 1.29 is 4.79 Å². The third kappa shape index (κ3) is 4.16. The SMILES string of the molecule is Cc1ccc(-c2n[nH]c(=S)n2CC(=O)Nc2ccc(I)cc2C)cc1. The highest BCUT2D eigenvalue weighted by molar-refractivity contribution is 14.1. The molecule has 0 saturated carbocycles. The monoisotopic (exact) mass is 464 g/mol. The zero-order chi connectivity index (χ0) is 18.0. The number of aromatic nitrogens is 3. The third-order valence-electron chi connectivity index (χ3n) is 3.83. The summed E-state index contributed by atoms with van der Waals surface area (Å²) in [6, 6.07) is 13.8. The maximum Gasteiger partial charge on any atom is 0.244 e. The van der Waals surface area contributed by atoms with Crippen molar-refractivity contribution in [3.05, 3.63) is 61.9 Å². The van der Waals surface area contributed by atoms with Crippen molar-refractivity contribution >= 4 is 46.4 Å². The molecule has 7 heteroatoms. The maximum atomic E-state index is 12.5. The molecule has 1 heterocycles. The molecule has 0 saturated heterocycles. The van der Waals surface area contributed by atoms with Crippen molar-refractivity contribution in [2.75, 3.05) is 5.32 Å². The molecular formula is C18H17IN4OS. The Labute approximate surface area is 164 Å². The summed E-state index contributed by atoms with van der Waals surface area (Å²) in [7, 11) is 0. The number of halogens is 1. The van der Waals surface area contributed by atoms with Crippen LogP contribution in [0.5, 0.6) is 0 Å². The highest BCUT2D eigenvalue weighted by Gasteiger charge is 2.13. The van der Waals surface area contributed by atoms with Gasteiger partial charge in [0.15, 0.2) is 10.6 Å². The number of hydrogen-bond acceptors (Lipinski definition) is 3. The highest BCUT2D eigenvalue weighted by atomic mass is 127. The number of nitrogens with zero attached hydrogens (tertiary/aromatic N) is 2. The number of nitrogens with one attached hydrogen (secondary N) is 2. The Morgan fingerprint density at radius 2 is 1.96 bits per heavy atom. The number of H-pyrrole nitrogens is 1. The quantitative estimate of drug-likeness (QED) is 0.443. The van der Waals surface area contributed by atoms with Gasteiger partial charge in [0.25, 0.3) is 0 Å². The molecule has 3 aromatic rings. The minimum absolute atomic E-state index is 0.101. The van der Waals surface area contributed by atoms with Gasteiger partial charge in [-0.2, -0.15) is 5.10 Å². The van der Waals surface area contributed by atoms with E-state index in [1.165, 1.54) is 0 Å². The van der Waals surface area contributed by atoms with Gasteiger partial charge in [0.2, 0.25) is 5.91 Å². The summed E-state index contributed by atoms with van der Waals surface area (Å²) in [5.41, 5.74) is 3.90. The summed E-state index contributed by atoms with van der Waals surface area (Å²) in [5, 5.41) is 9.98. The Hall–Kier alpha value is -2.00. The maximum absolute atomic E-state index is 12.5. The Morgan fingerprint density at radius 3 is 2.64 bits per heavy atom. The minimum Gasteiger partial charge on any atom is -0.324 e. The van der Waals surface area contributed by atoms with E-state index in [1.807, 2.05) is 56.3 Å². The number of rotatable bonds is 4. The zero-order valence-corrected chi connectivity index (χ0v) is 16.8. The standard InChI is InChI=1S/C18H17IN4OS/c1-11-3-5-13(6-4-11)17-21-22-18(25)23(17)10-16(24)20-15-8-7-14(19)9-12(15)2/h3-9H,10H2,1-2H3,(H,20,24)(H,22,25). The molecule has 0 radical (unpaired) electrons. The van der Waals surface area contributed by atoms with Crippen molar-refractivity contribution in [3.63, 3.8) is 0 Å². The van der Waals surface area contributed by atoms with E-state index in [0.29, 0.717) is 10.6 Å². The molecule has 0 aliphatic carbocycles. The number of aromatic amines is 1. The number of carbonyl (C=O) groups excluding carboxylic acids is 1. The summed E-state index contributed by atoms with van der Waals surface area (Å²) in [5.74, 6) is 0.509. The van der Waals surface area contributed by atoms with Crippen molar-refractivity contribution in [1.82, 2.24) is 14.8 Å². The fourth-order valence-electron chi connectivity index (χ4n) is 2.49. The van der Waals surface area contributed by atoms with Crippen molar-refractivity contribution in [2.45, 2.75) is 20.4 Å². The second-order valence-electron chi connectivity index (χ2n) is 5.81. The Bertz CT molecular complexity index is 975. The lowest BCUT2D eigenvalue weighted by Gasteiger charge is -2.10. The average molecular weight is 464 g/mol. The van der Waals surface area contributed by atoms with Crippen LogP contribution in [-0.2, 0) is 11.3 Å². The van der Waals surface area contributed by atoms with Crippen molar-refractivity contribution in [1.29, 1.82) is 0 Å². The van der Waals surface area contributed by atoms with Gasteiger partial charge in [-0.15, -0.1) is 0 Å². The van der Waals surface area contributed by atoms with Crippen LogP contribution in [0.25, 0.3) is 11.4 Å². The molecule has 3 rings (SSSR count). The first kappa shape index (κ1) is 17.8. The Kier molecular flexibility index (Phi) is 5.33. The molecule has 1 amide bonds.